The lowest BCUT2D eigenvalue weighted by Crippen LogP contribution is -2.06. The normalized spacial score (nSPS) is 16.0. The number of ether oxygens (including phenoxy) is 1. The largest absolute Gasteiger partial charge is 0.402 e. The Labute approximate surface area is 131 Å². The smallest absolute Gasteiger partial charge is 0.363 e. The van der Waals surface area contributed by atoms with Crippen molar-refractivity contribution >= 4 is 41.1 Å². The van der Waals surface area contributed by atoms with Gasteiger partial charge in [0.15, 0.2) is 5.70 Å². The Balaban J connectivity index is 2.00. The number of rotatable bonds is 2. The van der Waals surface area contributed by atoms with E-state index in [9.17, 15) is 4.79 Å². The molecule has 2 aromatic rings. The molecule has 3 rings (SSSR count). The molecule has 0 saturated carbocycles. The van der Waals surface area contributed by atoms with Crippen molar-refractivity contribution in [2.24, 2.45) is 4.99 Å². The summed E-state index contributed by atoms with van der Waals surface area (Å²) < 4.78 is 5.17. The third-order valence-corrected chi connectivity index (χ3v) is 3.72. The van der Waals surface area contributed by atoms with Crippen molar-refractivity contribution in [3.05, 3.63) is 75.4 Å². The summed E-state index contributed by atoms with van der Waals surface area (Å²) in [4.78, 5) is 16.1. The number of benzene rings is 2. The van der Waals surface area contributed by atoms with E-state index < -0.39 is 5.97 Å². The van der Waals surface area contributed by atoms with E-state index in [0.717, 1.165) is 5.56 Å². The number of cyclic esters (lactones) is 1. The van der Waals surface area contributed by atoms with Crippen molar-refractivity contribution in [2.45, 2.75) is 0 Å². The van der Waals surface area contributed by atoms with E-state index in [1.807, 2.05) is 30.3 Å². The van der Waals surface area contributed by atoms with Crippen molar-refractivity contribution in [3.8, 4) is 0 Å². The van der Waals surface area contributed by atoms with Crippen LogP contribution in [0.1, 0.15) is 11.1 Å². The minimum atomic E-state index is -0.509. The Morgan fingerprint density at radius 3 is 2.52 bits per heavy atom. The van der Waals surface area contributed by atoms with Gasteiger partial charge in [-0.1, -0.05) is 59.6 Å². The van der Waals surface area contributed by atoms with Crippen LogP contribution in [-0.4, -0.2) is 11.9 Å². The fraction of sp³-hybridized carbons (Fsp3) is 0. The highest BCUT2D eigenvalue weighted by Gasteiger charge is 2.26. The van der Waals surface area contributed by atoms with E-state index >= 15 is 0 Å². The minimum Gasteiger partial charge on any atom is -0.402 e. The molecule has 1 heterocycles. The zero-order valence-corrected chi connectivity index (χ0v) is 12.2. The highest BCUT2D eigenvalue weighted by Crippen LogP contribution is 2.29. The number of halogens is 2. The predicted molar refractivity (Wildman–Crippen MR) is 83.5 cm³/mol. The van der Waals surface area contributed by atoms with E-state index in [0.29, 0.717) is 15.6 Å². The number of aliphatic imine (C=N–C) groups is 1. The molecule has 0 saturated heterocycles. The highest BCUT2D eigenvalue weighted by atomic mass is 35.5. The number of carbonyl (C=O) groups excluding carboxylic acids is 1. The van der Waals surface area contributed by atoms with E-state index in [2.05, 4.69) is 4.99 Å². The molecular formula is C16H9Cl2NO2. The zero-order chi connectivity index (χ0) is 14.8. The van der Waals surface area contributed by atoms with Crippen molar-refractivity contribution < 1.29 is 9.53 Å². The first-order chi connectivity index (χ1) is 10.1. The molecule has 104 valence electrons. The second kappa shape index (κ2) is 5.72. The molecule has 0 aromatic heterocycles. The molecule has 1 aliphatic heterocycles. The number of carbonyl (C=O) groups is 1. The van der Waals surface area contributed by atoms with Crippen LogP contribution >= 0.6 is 23.2 Å². The van der Waals surface area contributed by atoms with Crippen LogP contribution in [0.2, 0.25) is 10.0 Å². The van der Waals surface area contributed by atoms with Gasteiger partial charge in [-0.3, -0.25) is 0 Å². The lowest BCUT2D eigenvalue weighted by molar-refractivity contribution is -0.129. The van der Waals surface area contributed by atoms with Crippen LogP contribution in [0, 0.1) is 0 Å². The average Bonchev–Trinajstić information content (AvgIpc) is 2.84. The Morgan fingerprint density at radius 2 is 1.76 bits per heavy atom. The van der Waals surface area contributed by atoms with E-state index in [-0.39, 0.29) is 11.6 Å². The lowest BCUT2D eigenvalue weighted by Gasteiger charge is -2.03. The van der Waals surface area contributed by atoms with Crippen LogP contribution in [-0.2, 0) is 9.53 Å². The summed E-state index contributed by atoms with van der Waals surface area (Å²) in [5, 5.41) is 0.695. The highest BCUT2D eigenvalue weighted by molar-refractivity contribution is 6.44. The van der Waals surface area contributed by atoms with Gasteiger partial charge in [0.05, 0.1) is 15.6 Å². The Bertz CT molecular complexity index is 767. The molecule has 0 unspecified atom stereocenters. The molecule has 21 heavy (non-hydrogen) atoms. The van der Waals surface area contributed by atoms with Gasteiger partial charge in [-0.05, 0) is 23.8 Å². The third-order valence-electron chi connectivity index (χ3n) is 2.91. The summed E-state index contributed by atoms with van der Waals surface area (Å²) in [6, 6.07) is 14.5. The first kappa shape index (κ1) is 13.9. The molecule has 2 aromatic carbocycles. The standard InChI is InChI=1S/C16H9Cl2NO2/c17-12-8-4-7-11(14(12)18)15-19-13(16(20)21-15)9-10-5-2-1-3-6-10/h1-9H. The van der Waals surface area contributed by atoms with Crippen molar-refractivity contribution in [2.75, 3.05) is 0 Å². The summed E-state index contributed by atoms with van der Waals surface area (Å²) in [6.07, 6.45) is 1.66. The van der Waals surface area contributed by atoms with E-state index in [1.54, 1.807) is 24.3 Å². The number of hydrogen-bond donors (Lipinski definition) is 0. The van der Waals surface area contributed by atoms with Crippen LogP contribution in [0.15, 0.2) is 59.2 Å². The van der Waals surface area contributed by atoms with Gasteiger partial charge in [0, 0.05) is 0 Å². The molecule has 0 spiro atoms. The van der Waals surface area contributed by atoms with E-state index in [1.165, 1.54) is 0 Å². The fourth-order valence-electron chi connectivity index (χ4n) is 1.90. The predicted octanol–water partition coefficient (Wildman–Crippen LogP) is 4.34. The maximum absolute atomic E-state index is 11.9. The number of nitrogens with zero attached hydrogens (tertiary/aromatic N) is 1. The van der Waals surface area contributed by atoms with Crippen molar-refractivity contribution in [3.63, 3.8) is 0 Å². The molecular weight excluding hydrogens is 309 g/mol. The van der Waals surface area contributed by atoms with Gasteiger partial charge in [0.2, 0.25) is 5.90 Å². The average molecular weight is 318 g/mol. The summed E-state index contributed by atoms with van der Waals surface area (Å²) in [5.41, 5.74) is 1.59. The van der Waals surface area contributed by atoms with Gasteiger partial charge < -0.3 is 4.74 Å². The molecule has 3 nitrogen and oxygen atoms in total. The molecule has 5 heteroatoms. The maximum atomic E-state index is 11.9. The van der Waals surface area contributed by atoms with Crippen LogP contribution in [0.5, 0.6) is 0 Å². The quantitative estimate of drug-likeness (QED) is 0.610. The monoisotopic (exact) mass is 317 g/mol. The second-order valence-corrected chi connectivity index (χ2v) is 5.13. The third kappa shape index (κ3) is 2.84. The molecule has 0 N–H and O–H groups in total. The summed E-state index contributed by atoms with van der Waals surface area (Å²) >= 11 is 12.1. The Morgan fingerprint density at radius 1 is 1.00 bits per heavy atom. The van der Waals surface area contributed by atoms with Gasteiger partial charge in [0.1, 0.15) is 0 Å². The molecule has 0 bridgehead atoms. The maximum Gasteiger partial charge on any atom is 0.363 e. The van der Waals surface area contributed by atoms with Crippen LogP contribution < -0.4 is 0 Å². The van der Waals surface area contributed by atoms with Crippen LogP contribution in [0.4, 0.5) is 0 Å². The lowest BCUT2D eigenvalue weighted by atomic mass is 10.2. The van der Waals surface area contributed by atoms with Gasteiger partial charge in [-0.25, -0.2) is 9.79 Å². The SMILES string of the molecule is O=C1OC(c2cccc(Cl)c2Cl)=NC1=Cc1ccccc1. The summed E-state index contributed by atoms with van der Waals surface area (Å²) in [6.45, 7) is 0. The topological polar surface area (TPSA) is 38.7 Å². The first-order valence-corrected chi connectivity index (χ1v) is 6.93. The molecule has 1 aliphatic rings. The molecule has 0 amide bonds. The number of hydrogen-bond acceptors (Lipinski definition) is 3. The Kier molecular flexibility index (Phi) is 3.78. The zero-order valence-electron chi connectivity index (χ0n) is 10.7. The molecule has 0 fully saturated rings. The van der Waals surface area contributed by atoms with E-state index in [4.69, 9.17) is 27.9 Å². The van der Waals surface area contributed by atoms with Gasteiger partial charge in [-0.15, -0.1) is 0 Å². The van der Waals surface area contributed by atoms with Gasteiger partial charge in [-0.2, -0.15) is 0 Å². The van der Waals surface area contributed by atoms with Gasteiger partial charge >= 0.3 is 5.97 Å². The van der Waals surface area contributed by atoms with Crippen molar-refractivity contribution in [1.29, 1.82) is 0 Å². The second-order valence-electron chi connectivity index (χ2n) is 4.35. The van der Waals surface area contributed by atoms with Crippen LogP contribution in [0.3, 0.4) is 0 Å². The minimum absolute atomic E-state index is 0.162. The molecule has 0 atom stereocenters. The fourth-order valence-corrected chi connectivity index (χ4v) is 2.28. The molecule has 0 aliphatic carbocycles. The first-order valence-electron chi connectivity index (χ1n) is 6.17. The molecule has 0 radical (unpaired) electrons. The van der Waals surface area contributed by atoms with Crippen LogP contribution in [0.25, 0.3) is 6.08 Å². The van der Waals surface area contributed by atoms with Crippen molar-refractivity contribution in [1.82, 2.24) is 0 Å². The van der Waals surface area contributed by atoms with Gasteiger partial charge in [0.25, 0.3) is 0 Å². The number of esters is 1. The Hall–Kier alpha value is -2.10. The summed E-state index contributed by atoms with van der Waals surface area (Å²) in [5.74, 6) is -0.348. The summed E-state index contributed by atoms with van der Waals surface area (Å²) in [7, 11) is 0.